The zero-order valence-electron chi connectivity index (χ0n) is 20.0. The van der Waals surface area contributed by atoms with Crippen LogP contribution in [0.4, 0.5) is 26.3 Å². The topological polar surface area (TPSA) is 122 Å². The maximum absolute atomic E-state index is 14.6. The molecule has 0 amide bonds. The van der Waals surface area contributed by atoms with Crippen molar-refractivity contribution in [3.63, 3.8) is 0 Å². The molecule has 0 aliphatic carbocycles. The first-order valence-corrected chi connectivity index (χ1v) is 10.9. The summed E-state index contributed by atoms with van der Waals surface area (Å²) < 4.78 is 80.6. The zero-order valence-corrected chi connectivity index (χ0v) is 20.0. The van der Waals surface area contributed by atoms with Crippen molar-refractivity contribution in [2.45, 2.75) is 24.3 Å². The highest BCUT2D eigenvalue weighted by Crippen LogP contribution is 2.48. The average Bonchev–Trinajstić information content (AvgIpc) is 2.87. The van der Waals surface area contributed by atoms with Gasteiger partial charge in [-0.25, -0.2) is 14.6 Å². The highest BCUT2D eigenvalue weighted by molar-refractivity contribution is 6.01. The lowest BCUT2D eigenvalue weighted by atomic mass is 9.78. The number of ether oxygens (including phenoxy) is 1. The Bertz CT molecular complexity index is 1430. The number of benzene rings is 3. The second-order valence-corrected chi connectivity index (χ2v) is 8.32. The number of methoxy groups -OCH3 is 1. The Morgan fingerprint density at radius 1 is 0.923 bits per heavy atom. The normalized spacial score (nSPS) is 16.7. The van der Waals surface area contributed by atoms with Crippen molar-refractivity contribution >= 4 is 17.8 Å². The second-order valence-electron chi connectivity index (χ2n) is 8.32. The van der Waals surface area contributed by atoms with Gasteiger partial charge < -0.3 is 20.7 Å². The van der Waals surface area contributed by atoms with Crippen LogP contribution in [0.5, 0.6) is 5.75 Å². The van der Waals surface area contributed by atoms with E-state index in [0.717, 1.165) is 0 Å². The van der Waals surface area contributed by atoms with Crippen molar-refractivity contribution in [1.82, 2.24) is 0 Å². The van der Waals surface area contributed by atoms with Crippen LogP contribution >= 0.6 is 0 Å². The van der Waals surface area contributed by atoms with E-state index in [4.69, 9.17) is 20.4 Å². The Kier molecular flexibility index (Phi) is 7.94. The first-order chi connectivity index (χ1) is 18.1. The third-order valence-electron chi connectivity index (χ3n) is 5.84. The van der Waals surface area contributed by atoms with Crippen molar-refractivity contribution < 1.29 is 50.9 Å². The highest BCUT2D eigenvalue weighted by Gasteiger charge is 2.58. The Morgan fingerprint density at radius 3 is 2.05 bits per heavy atom. The summed E-state index contributed by atoms with van der Waals surface area (Å²) in [5.41, 5.74) is 4.85. The Balaban J connectivity index is 0.000000532. The molecule has 1 unspecified atom stereocenters. The van der Waals surface area contributed by atoms with Gasteiger partial charge in [-0.2, -0.15) is 26.3 Å². The van der Waals surface area contributed by atoms with Gasteiger partial charge in [-0.05, 0) is 52.6 Å². The molecule has 1 aliphatic rings. The molecule has 0 aromatic heterocycles. The van der Waals surface area contributed by atoms with Gasteiger partial charge >= 0.3 is 24.3 Å². The molecule has 3 aromatic rings. The van der Waals surface area contributed by atoms with Crippen molar-refractivity contribution in [1.29, 1.82) is 0 Å². The first-order valence-electron chi connectivity index (χ1n) is 10.9. The molecule has 4 rings (SSSR count). The third-order valence-corrected chi connectivity index (χ3v) is 5.84. The average molecular weight is 554 g/mol. The summed E-state index contributed by atoms with van der Waals surface area (Å²) in [6, 6.07) is 17.0. The number of hydrogen-bond donors (Lipinski definition) is 3. The summed E-state index contributed by atoms with van der Waals surface area (Å²) in [7, 11) is 1.51. The summed E-state index contributed by atoms with van der Waals surface area (Å²) in [5.74, 6) is -3.69. The predicted octanol–water partition coefficient (Wildman–Crippen LogP) is 5.41. The molecule has 1 heterocycles. The van der Waals surface area contributed by atoms with Gasteiger partial charge in [0.2, 0.25) is 0 Å². The zero-order chi connectivity index (χ0) is 29.2. The number of aliphatic carboxylic acids is 1. The molecule has 0 bridgehead atoms. The number of carboxylic acids is 2. The number of alkyl halides is 6. The molecule has 1 atom stereocenters. The van der Waals surface area contributed by atoms with Gasteiger partial charge in [0.1, 0.15) is 11.6 Å². The lowest BCUT2D eigenvalue weighted by Gasteiger charge is -2.37. The van der Waals surface area contributed by atoms with Crippen molar-refractivity contribution in [3.8, 4) is 16.9 Å². The molecular weight excluding hydrogens is 534 g/mol. The molecular formula is C26H20F6N2O5. The minimum absolute atomic E-state index is 0.0837. The van der Waals surface area contributed by atoms with Crippen LogP contribution in [0.3, 0.4) is 0 Å². The maximum Gasteiger partial charge on any atom is 0.490 e. The van der Waals surface area contributed by atoms with Gasteiger partial charge in [-0.1, -0.05) is 36.4 Å². The number of aromatic carboxylic acids is 1. The third kappa shape index (κ3) is 6.13. The minimum atomic E-state index is -5.08. The Morgan fingerprint density at radius 2 is 1.51 bits per heavy atom. The predicted molar refractivity (Wildman–Crippen MR) is 128 cm³/mol. The number of amidine groups is 1. The highest BCUT2D eigenvalue weighted by atomic mass is 19.4. The van der Waals surface area contributed by atoms with Crippen LogP contribution in [0.2, 0.25) is 0 Å². The molecule has 7 nitrogen and oxygen atoms in total. The standard InChI is InChI=1S/C24H19F3N2O3.C2HF3O2/c1-32-19-7-3-5-15(12-19)14-4-2-6-18(11-14)23(24(25,26)27)13-17-10-16(22(30)31)8-9-20(17)21(28)29-23;3-2(4,5)1(6)7/h2-12H,13H2,1H3,(H2,28,29)(H,30,31);(H,6,7). The summed E-state index contributed by atoms with van der Waals surface area (Å²) in [6.45, 7) is 0. The molecule has 0 radical (unpaired) electrons. The van der Waals surface area contributed by atoms with Gasteiger partial charge in [-0.15, -0.1) is 0 Å². The van der Waals surface area contributed by atoms with E-state index in [1.165, 1.54) is 43.5 Å². The molecule has 1 aliphatic heterocycles. The first kappa shape index (κ1) is 29.0. The van der Waals surface area contributed by atoms with Crippen LogP contribution in [0.1, 0.15) is 27.0 Å². The van der Waals surface area contributed by atoms with Gasteiger partial charge in [0.25, 0.3) is 0 Å². The Labute approximate surface area is 217 Å². The summed E-state index contributed by atoms with van der Waals surface area (Å²) in [4.78, 5) is 24.2. The molecule has 0 fully saturated rings. The van der Waals surface area contributed by atoms with Crippen LogP contribution in [-0.4, -0.2) is 47.4 Å². The fourth-order valence-corrected chi connectivity index (χ4v) is 3.96. The molecule has 13 heteroatoms. The minimum Gasteiger partial charge on any atom is -0.497 e. The molecule has 0 saturated heterocycles. The van der Waals surface area contributed by atoms with Crippen LogP contribution in [0.25, 0.3) is 11.1 Å². The molecule has 206 valence electrons. The van der Waals surface area contributed by atoms with E-state index < -0.39 is 36.3 Å². The summed E-state index contributed by atoms with van der Waals surface area (Å²) in [6.07, 6.45) is -10.4. The summed E-state index contributed by atoms with van der Waals surface area (Å²) in [5, 5.41) is 16.4. The number of carbonyl (C=O) groups is 2. The van der Waals surface area contributed by atoms with Gasteiger partial charge in [0.05, 0.1) is 12.7 Å². The number of hydrogen-bond acceptors (Lipinski definition) is 5. The molecule has 0 spiro atoms. The van der Waals surface area contributed by atoms with Crippen LogP contribution in [0.15, 0.2) is 71.7 Å². The van der Waals surface area contributed by atoms with Crippen molar-refractivity contribution in [2.24, 2.45) is 10.7 Å². The van der Waals surface area contributed by atoms with Crippen LogP contribution in [0, 0.1) is 0 Å². The number of nitrogens with zero attached hydrogens (tertiary/aromatic N) is 1. The number of aliphatic imine (C=N–C) groups is 1. The quantitative estimate of drug-likeness (QED) is 0.371. The second kappa shape index (κ2) is 10.7. The summed E-state index contributed by atoms with van der Waals surface area (Å²) >= 11 is 0. The SMILES string of the molecule is COc1cccc(-c2cccc(C3(C(F)(F)F)Cc4cc(C(=O)O)ccc4C(N)=N3)c2)c1.O=C(O)C(F)(F)F. The maximum atomic E-state index is 14.6. The number of nitrogens with two attached hydrogens (primary N) is 1. The molecule has 0 saturated carbocycles. The number of halogens is 6. The fraction of sp³-hybridized carbons (Fsp3) is 0.192. The number of carboxylic acid groups (broad SMARTS) is 2. The molecule has 39 heavy (non-hydrogen) atoms. The van der Waals surface area contributed by atoms with E-state index in [0.29, 0.717) is 22.4 Å². The fourth-order valence-electron chi connectivity index (χ4n) is 3.96. The van der Waals surface area contributed by atoms with Gasteiger partial charge in [-0.3, -0.25) is 0 Å². The van der Waals surface area contributed by atoms with Gasteiger partial charge in [0.15, 0.2) is 5.54 Å². The van der Waals surface area contributed by atoms with Gasteiger partial charge in [0, 0.05) is 12.0 Å². The van der Waals surface area contributed by atoms with Crippen LogP contribution in [-0.2, 0) is 16.8 Å². The van der Waals surface area contributed by atoms with Crippen molar-refractivity contribution in [3.05, 3.63) is 89.0 Å². The number of fused-ring (bicyclic) bond motifs is 1. The smallest absolute Gasteiger partial charge is 0.490 e. The van der Waals surface area contributed by atoms with E-state index >= 15 is 0 Å². The van der Waals surface area contributed by atoms with E-state index in [1.807, 2.05) is 0 Å². The van der Waals surface area contributed by atoms with E-state index in [2.05, 4.69) is 4.99 Å². The lowest BCUT2D eigenvalue weighted by molar-refractivity contribution is -0.192. The molecule has 4 N–H and O–H groups in total. The number of rotatable bonds is 4. The Hall–Kier alpha value is -4.55. The largest absolute Gasteiger partial charge is 0.497 e. The lowest BCUT2D eigenvalue weighted by Crippen LogP contribution is -2.47. The van der Waals surface area contributed by atoms with E-state index in [1.54, 1.807) is 30.3 Å². The van der Waals surface area contributed by atoms with E-state index in [9.17, 15) is 36.2 Å². The molecule has 3 aromatic carbocycles. The van der Waals surface area contributed by atoms with Crippen molar-refractivity contribution in [2.75, 3.05) is 7.11 Å². The van der Waals surface area contributed by atoms with Crippen LogP contribution < -0.4 is 10.5 Å². The van der Waals surface area contributed by atoms with E-state index in [-0.39, 0.29) is 22.5 Å². The monoisotopic (exact) mass is 554 g/mol.